The second kappa shape index (κ2) is 49.5. The van der Waals surface area contributed by atoms with E-state index >= 15 is 0 Å². The number of carboxylic acid groups (broad SMARTS) is 1. The van der Waals surface area contributed by atoms with Gasteiger partial charge in [-0.3, -0.25) is 19.5 Å². The third-order valence-electron chi connectivity index (χ3n) is 15.1. The van der Waals surface area contributed by atoms with Crippen molar-refractivity contribution in [3.8, 4) is 36.0 Å². The molecule has 0 radical (unpaired) electrons. The van der Waals surface area contributed by atoms with Crippen LogP contribution in [0.3, 0.4) is 0 Å². The van der Waals surface area contributed by atoms with Crippen LogP contribution in [0.1, 0.15) is 115 Å². The summed E-state index contributed by atoms with van der Waals surface area (Å²) in [4.78, 5) is 61.6. The molecule has 4 fully saturated rings. The number of ether oxygens (including phenoxy) is 7. The Morgan fingerprint density at radius 2 is 0.730 bits per heavy atom. The van der Waals surface area contributed by atoms with E-state index in [9.17, 15) is 24.0 Å². The van der Waals surface area contributed by atoms with Crippen LogP contribution >= 0.6 is 22.6 Å². The molecular formula is C81H85ILiN3O14. The Morgan fingerprint density at radius 3 is 1.00 bits per heavy atom. The van der Waals surface area contributed by atoms with E-state index in [-0.39, 0.29) is 41.8 Å². The number of carbonyl (C=O) groups excluding carboxylic acids is 4. The summed E-state index contributed by atoms with van der Waals surface area (Å²) in [6, 6.07) is 52.3. The van der Waals surface area contributed by atoms with Crippen LogP contribution < -0.4 is 18.9 Å². The van der Waals surface area contributed by atoms with Gasteiger partial charge in [-0.1, -0.05) is 137 Å². The number of rotatable bonds is 14. The van der Waals surface area contributed by atoms with Crippen LogP contribution in [0, 0.1) is 36.0 Å². The van der Waals surface area contributed by atoms with Crippen molar-refractivity contribution in [3.63, 3.8) is 0 Å². The van der Waals surface area contributed by atoms with Gasteiger partial charge in [0.25, 0.3) is 0 Å². The number of allylic oxidation sites excluding steroid dienone is 2. The molecule has 0 spiro atoms. The molecule has 100 heavy (non-hydrogen) atoms. The fourth-order valence-electron chi connectivity index (χ4n) is 9.50. The SMILES string of the molecule is C#Cc1ccc(CN2CCOCC2)cc1.C1CCOC1.COC(=O)c1ccc(/C=C/C#Cc2ccc(CN3CCOCC3)cc2)cc1.COC(=O)c1ccc(/C=C/I)cc1.COC(=O)c1ccc(C=O)cc1.O=C(O)c1ccc(/C=C/C#Cc2ccc(CN3CCOCC3)cc2)cc1.[Li+].[OH-]. The zero-order chi connectivity index (χ0) is 69.8. The van der Waals surface area contributed by atoms with Gasteiger partial charge < -0.3 is 43.7 Å². The predicted molar refractivity (Wildman–Crippen MR) is 395 cm³/mol. The summed E-state index contributed by atoms with van der Waals surface area (Å²) in [5.74, 6) is 13.0. The number of halogens is 1. The molecule has 0 saturated carbocycles. The van der Waals surface area contributed by atoms with Crippen LogP contribution in [0.15, 0.2) is 186 Å². The number of carbonyl (C=O) groups is 5. The Kier molecular flexibility index (Phi) is 41.3. The van der Waals surface area contributed by atoms with Crippen LogP contribution in [-0.4, -0.2) is 169 Å². The predicted octanol–water partition coefficient (Wildman–Crippen LogP) is 9.94. The van der Waals surface area contributed by atoms with E-state index in [1.807, 2.05) is 76.9 Å². The van der Waals surface area contributed by atoms with Crippen LogP contribution in [0.5, 0.6) is 0 Å². The molecule has 19 heteroatoms. The molecule has 11 rings (SSSR count). The van der Waals surface area contributed by atoms with Gasteiger partial charge >= 0.3 is 42.7 Å². The zero-order valence-electron chi connectivity index (χ0n) is 57.2. The van der Waals surface area contributed by atoms with Gasteiger partial charge in [0.1, 0.15) is 6.29 Å². The monoisotopic (exact) mass is 1460 g/mol. The number of terminal acetylenes is 1. The van der Waals surface area contributed by atoms with Crippen molar-refractivity contribution in [1.29, 1.82) is 0 Å². The Bertz CT molecular complexity index is 3810. The number of aromatic carboxylic acids is 1. The van der Waals surface area contributed by atoms with E-state index in [1.54, 1.807) is 78.9 Å². The standard InChI is InChI=1S/C23H23NO3.C22H21NO3.C13H15NO.C10H9IO2.C9H8O3.C4H8O.Li.H2O/c1-26-23(25)22-12-10-20(11-13-22)5-3-2-4-19-6-8-21(9-7-19)18-24-14-16-27-17-15-24;24-22(25)21-11-9-19(10-12-21)4-2-1-3-18-5-7-20(8-6-18)17-23-13-15-26-16-14-23;1-2-12-3-5-13(6-4-12)11-14-7-9-15-10-8-14;1-13-10(12)9-4-2-8(3-5-9)6-7-11;1-12-9(11)8-4-2-7(6-10)3-5-8;1-2-4-5-3-1;;/h3,5-13H,14-18H2,1H3;2,4-12H,13-17H2,(H,24,25);1,3-6H,7-11H2;2-7H,1H3;2-6H,1H3;1-4H2;;1H2/q;;;;;;+1;/p-1/b5-3+;4-2+;;7-6+;;;;. The normalized spacial score (nSPS) is 14.0. The van der Waals surface area contributed by atoms with Gasteiger partial charge in [0.2, 0.25) is 0 Å². The average Bonchev–Trinajstić information content (AvgIpc) is 1.39. The number of esters is 3. The first-order chi connectivity index (χ1) is 47.9. The van der Waals surface area contributed by atoms with Crippen LogP contribution in [0.25, 0.3) is 18.2 Å². The molecule has 4 aliphatic rings. The van der Waals surface area contributed by atoms with E-state index in [1.165, 1.54) is 50.9 Å². The van der Waals surface area contributed by atoms with Gasteiger partial charge in [-0.2, -0.15) is 0 Å². The van der Waals surface area contributed by atoms with Crippen molar-refractivity contribution in [2.75, 3.05) is 113 Å². The minimum atomic E-state index is -0.919. The molecule has 0 aliphatic carbocycles. The first-order valence-electron chi connectivity index (χ1n) is 32.1. The van der Waals surface area contributed by atoms with Crippen molar-refractivity contribution in [1.82, 2.24) is 14.7 Å². The van der Waals surface area contributed by atoms with Crippen molar-refractivity contribution in [2.24, 2.45) is 0 Å². The fourth-order valence-corrected chi connectivity index (χ4v) is 9.92. The summed E-state index contributed by atoms with van der Waals surface area (Å²) < 4.78 is 36.7. The van der Waals surface area contributed by atoms with Crippen LogP contribution in [-0.2, 0) is 52.8 Å². The molecule has 2 N–H and O–H groups in total. The van der Waals surface area contributed by atoms with Gasteiger partial charge in [-0.25, -0.2) is 19.2 Å². The molecule has 0 bridgehead atoms. The van der Waals surface area contributed by atoms with Gasteiger partial charge in [-0.05, 0) is 166 Å². The summed E-state index contributed by atoms with van der Waals surface area (Å²) in [7, 11) is 4.07. The number of hydrogen-bond donors (Lipinski definition) is 1. The smallest absolute Gasteiger partial charge is 0.870 e. The number of nitrogens with zero attached hydrogens (tertiary/aromatic N) is 3. The summed E-state index contributed by atoms with van der Waals surface area (Å²) in [5, 5.41) is 8.88. The maximum Gasteiger partial charge on any atom is 1.00 e. The van der Waals surface area contributed by atoms with Crippen molar-refractivity contribution in [2.45, 2.75) is 32.5 Å². The van der Waals surface area contributed by atoms with E-state index in [0.29, 0.717) is 22.3 Å². The molecular weight excluding hydrogens is 1370 g/mol. The molecule has 0 aromatic heterocycles. The summed E-state index contributed by atoms with van der Waals surface area (Å²) >= 11 is 2.15. The molecule has 17 nitrogen and oxygen atoms in total. The third kappa shape index (κ3) is 32.8. The van der Waals surface area contributed by atoms with E-state index in [2.05, 4.69) is 130 Å². The molecule has 4 heterocycles. The minimum Gasteiger partial charge on any atom is -0.870 e. The van der Waals surface area contributed by atoms with E-state index in [4.69, 9.17) is 30.5 Å². The van der Waals surface area contributed by atoms with Gasteiger partial charge in [0, 0.05) is 94.4 Å². The average molecular weight is 1460 g/mol. The zero-order valence-corrected chi connectivity index (χ0v) is 59.4. The Hall–Kier alpha value is -9.00. The van der Waals surface area contributed by atoms with Gasteiger partial charge in [0.05, 0.1) is 83.2 Å². The minimum absolute atomic E-state index is 0. The molecule has 7 aromatic rings. The number of benzene rings is 7. The number of morpholine rings is 3. The largest absolute Gasteiger partial charge is 1.00 e. The topological polar surface area (TPSA) is 210 Å². The van der Waals surface area contributed by atoms with Crippen molar-refractivity contribution < 1.29 is 86.6 Å². The molecule has 0 unspecified atom stereocenters. The summed E-state index contributed by atoms with van der Waals surface area (Å²) in [5.41, 5.74) is 12.2. The number of carboxylic acids is 1. The Balaban J connectivity index is 0.000000268. The number of hydrogen-bond acceptors (Lipinski definition) is 16. The molecule has 4 saturated heterocycles. The third-order valence-corrected chi connectivity index (χ3v) is 15.4. The molecule has 4 aliphatic heterocycles. The van der Waals surface area contributed by atoms with Gasteiger partial charge in [0.15, 0.2) is 0 Å². The molecule has 7 aromatic carbocycles. The molecule has 0 atom stereocenters. The maximum atomic E-state index is 11.4. The van der Waals surface area contributed by atoms with E-state index in [0.717, 1.165) is 151 Å². The van der Waals surface area contributed by atoms with Gasteiger partial charge in [-0.15, -0.1) is 6.42 Å². The summed E-state index contributed by atoms with van der Waals surface area (Å²) in [6.45, 7) is 15.9. The quantitative estimate of drug-likeness (QED) is 0.0268. The van der Waals surface area contributed by atoms with Crippen LogP contribution in [0.4, 0.5) is 0 Å². The second-order valence-corrected chi connectivity index (χ2v) is 22.8. The van der Waals surface area contributed by atoms with E-state index < -0.39 is 11.9 Å². The Morgan fingerprint density at radius 1 is 0.440 bits per heavy atom. The van der Waals surface area contributed by atoms with Crippen molar-refractivity contribution in [3.05, 3.63) is 264 Å². The fraction of sp³-hybridized carbons (Fsp3) is 0.272. The number of aldehydes is 1. The number of methoxy groups -OCH3 is 3. The van der Waals surface area contributed by atoms with Crippen molar-refractivity contribution >= 4 is 71.0 Å². The Labute approximate surface area is 614 Å². The summed E-state index contributed by atoms with van der Waals surface area (Å²) in [6.07, 6.45) is 17.9. The maximum absolute atomic E-state index is 11.4. The first-order valence-corrected chi connectivity index (χ1v) is 33.3. The molecule has 516 valence electrons. The first kappa shape index (κ1) is 83.4. The van der Waals surface area contributed by atoms with Crippen LogP contribution in [0.2, 0.25) is 0 Å². The second-order valence-electron chi connectivity index (χ2n) is 22.1. The molecule has 0 amide bonds.